The van der Waals surface area contributed by atoms with Gasteiger partial charge in [-0.05, 0) is 122 Å². The predicted octanol–water partition coefficient (Wildman–Crippen LogP) is 6.56. The van der Waals surface area contributed by atoms with Crippen molar-refractivity contribution in [1.82, 2.24) is 0 Å². The monoisotopic (exact) mass is 751 g/mol. The van der Waals surface area contributed by atoms with E-state index in [9.17, 15) is 9.18 Å². The van der Waals surface area contributed by atoms with Crippen molar-refractivity contribution in [2.45, 2.75) is 6.61 Å². The molecule has 0 aromatic heterocycles. The second kappa shape index (κ2) is 9.94. The van der Waals surface area contributed by atoms with Crippen LogP contribution in [-0.4, -0.2) is 11.9 Å². The molecule has 0 N–H and O–H groups in total. The van der Waals surface area contributed by atoms with Crippen molar-refractivity contribution in [2.24, 2.45) is 4.99 Å². The standard InChI is InChI=1S/C23H13FI3NO3/c24-17-4-2-1-3-15(17)12-30-21-18(26)9-13(10-19(21)27)11-20-23(29)31-22(28-20)14-5-7-16(25)8-6-14/h1-11H,12H2/b20-11-. The lowest BCUT2D eigenvalue weighted by Gasteiger charge is -2.12. The Morgan fingerprint density at radius 3 is 2.35 bits per heavy atom. The molecule has 1 aliphatic rings. The number of carbonyl (C=O) groups excluding carboxylic acids is 1. The molecule has 0 bridgehead atoms. The van der Waals surface area contributed by atoms with Gasteiger partial charge in [0.05, 0.1) is 7.14 Å². The van der Waals surface area contributed by atoms with Crippen LogP contribution in [0.3, 0.4) is 0 Å². The summed E-state index contributed by atoms with van der Waals surface area (Å²) in [7, 11) is 0. The number of benzene rings is 3. The van der Waals surface area contributed by atoms with E-state index in [0.717, 1.165) is 21.8 Å². The molecule has 0 fully saturated rings. The first kappa shape index (κ1) is 22.6. The molecule has 0 saturated heterocycles. The number of aliphatic imine (C=N–C) groups is 1. The van der Waals surface area contributed by atoms with Gasteiger partial charge in [-0.25, -0.2) is 14.2 Å². The topological polar surface area (TPSA) is 47.9 Å². The minimum atomic E-state index is -0.488. The molecule has 0 amide bonds. The van der Waals surface area contributed by atoms with Crippen LogP contribution in [-0.2, 0) is 16.1 Å². The van der Waals surface area contributed by atoms with Crippen LogP contribution in [0.5, 0.6) is 5.75 Å². The van der Waals surface area contributed by atoms with Gasteiger partial charge in [0, 0.05) is 14.7 Å². The van der Waals surface area contributed by atoms with E-state index in [4.69, 9.17) is 9.47 Å². The highest BCUT2D eigenvalue weighted by Gasteiger charge is 2.24. The van der Waals surface area contributed by atoms with E-state index >= 15 is 0 Å². The highest BCUT2D eigenvalue weighted by Crippen LogP contribution is 2.31. The SMILES string of the molecule is O=C1OC(c2ccc(I)cc2)=N/C1=C\c1cc(I)c(OCc2ccccc2F)c(I)c1. The van der Waals surface area contributed by atoms with Gasteiger partial charge in [-0.15, -0.1) is 0 Å². The summed E-state index contributed by atoms with van der Waals surface area (Å²) < 4.78 is 27.8. The fourth-order valence-electron chi connectivity index (χ4n) is 2.85. The lowest BCUT2D eigenvalue weighted by molar-refractivity contribution is -0.129. The molecule has 0 unspecified atom stereocenters. The van der Waals surface area contributed by atoms with Gasteiger partial charge in [-0.2, -0.15) is 0 Å². The fraction of sp³-hybridized carbons (Fsp3) is 0.0435. The molecule has 0 atom stereocenters. The fourth-order valence-corrected chi connectivity index (χ4v) is 5.34. The van der Waals surface area contributed by atoms with Crippen LogP contribution in [0.25, 0.3) is 6.08 Å². The lowest BCUT2D eigenvalue weighted by atomic mass is 10.2. The first-order valence-corrected chi connectivity index (χ1v) is 12.3. The van der Waals surface area contributed by atoms with E-state index in [0.29, 0.717) is 17.2 Å². The van der Waals surface area contributed by atoms with E-state index in [-0.39, 0.29) is 18.1 Å². The van der Waals surface area contributed by atoms with Crippen molar-refractivity contribution in [2.75, 3.05) is 0 Å². The Morgan fingerprint density at radius 1 is 1.00 bits per heavy atom. The van der Waals surface area contributed by atoms with Crippen LogP contribution in [0.15, 0.2) is 71.4 Å². The third-order valence-electron chi connectivity index (χ3n) is 4.37. The van der Waals surface area contributed by atoms with Crippen molar-refractivity contribution < 1.29 is 18.7 Å². The number of cyclic esters (lactones) is 1. The predicted molar refractivity (Wildman–Crippen MR) is 142 cm³/mol. The molecule has 3 aromatic carbocycles. The van der Waals surface area contributed by atoms with E-state index in [1.807, 2.05) is 36.4 Å². The minimum Gasteiger partial charge on any atom is -0.487 e. The molecular formula is C23H13FI3NO3. The lowest BCUT2D eigenvalue weighted by Crippen LogP contribution is -2.05. The quantitative estimate of drug-likeness (QED) is 0.169. The molecule has 4 nitrogen and oxygen atoms in total. The number of rotatable bonds is 5. The zero-order chi connectivity index (χ0) is 22.0. The molecule has 3 aromatic rings. The Morgan fingerprint density at radius 2 is 1.68 bits per heavy atom. The molecule has 1 heterocycles. The molecule has 0 spiro atoms. The van der Waals surface area contributed by atoms with Crippen LogP contribution in [0.4, 0.5) is 4.39 Å². The normalized spacial score (nSPS) is 14.5. The van der Waals surface area contributed by atoms with Crippen molar-refractivity contribution in [3.63, 3.8) is 0 Å². The summed E-state index contributed by atoms with van der Waals surface area (Å²) in [5, 5.41) is 0. The molecule has 156 valence electrons. The van der Waals surface area contributed by atoms with E-state index in [1.54, 1.807) is 24.3 Å². The maximum atomic E-state index is 13.8. The Hall–Kier alpha value is -1.54. The average Bonchev–Trinajstić information content (AvgIpc) is 3.09. The average molecular weight is 751 g/mol. The van der Waals surface area contributed by atoms with Crippen LogP contribution in [0, 0.1) is 16.5 Å². The van der Waals surface area contributed by atoms with E-state index in [1.165, 1.54) is 6.07 Å². The molecule has 4 rings (SSSR count). The van der Waals surface area contributed by atoms with E-state index < -0.39 is 5.97 Å². The smallest absolute Gasteiger partial charge is 0.363 e. The van der Waals surface area contributed by atoms with Crippen molar-refractivity contribution in [3.05, 3.63) is 99.6 Å². The third-order valence-corrected chi connectivity index (χ3v) is 6.69. The molecule has 1 aliphatic heterocycles. The maximum Gasteiger partial charge on any atom is 0.363 e. The second-order valence-corrected chi connectivity index (χ2v) is 10.1. The summed E-state index contributed by atoms with van der Waals surface area (Å²) in [6.45, 7) is 0.134. The zero-order valence-electron chi connectivity index (χ0n) is 15.7. The number of carbonyl (C=O) groups is 1. The summed E-state index contributed by atoms with van der Waals surface area (Å²) in [6, 6.07) is 17.9. The number of hydrogen-bond donors (Lipinski definition) is 0. The summed E-state index contributed by atoms with van der Waals surface area (Å²) in [6.07, 6.45) is 1.69. The summed E-state index contributed by atoms with van der Waals surface area (Å²) in [4.78, 5) is 16.6. The first-order valence-electron chi connectivity index (χ1n) is 9.04. The number of halogens is 4. The van der Waals surface area contributed by atoms with Gasteiger partial charge in [0.25, 0.3) is 0 Å². The highest BCUT2D eigenvalue weighted by atomic mass is 127. The van der Waals surface area contributed by atoms with E-state index in [2.05, 4.69) is 72.8 Å². The van der Waals surface area contributed by atoms with Gasteiger partial charge in [0.15, 0.2) is 5.70 Å². The Bertz CT molecular complexity index is 1200. The number of nitrogens with zero attached hydrogens (tertiary/aromatic N) is 1. The van der Waals surface area contributed by atoms with Crippen LogP contribution in [0.2, 0.25) is 0 Å². The number of esters is 1. The van der Waals surface area contributed by atoms with Gasteiger partial charge in [0.1, 0.15) is 18.2 Å². The highest BCUT2D eigenvalue weighted by molar-refractivity contribution is 14.1. The summed E-state index contributed by atoms with van der Waals surface area (Å²) in [5.74, 6) is 0.180. The summed E-state index contributed by atoms with van der Waals surface area (Å²) in [5.41, 5.74) is 2.27. The molecule has 31 heavy (non-hydrogen) atoms. The Balaban J connectivity index is 1.56. The number of hydrogen-bond acceptors (Lipinski definition) is 4. The van der Waals surface area contributed by atoms with Gasteiger partial charge >= 0.3 is 5.97 Å². The van der Waals surface area contributed by atoms with Crippen LogP contribution < -0.4 is 4.74 Å². The summed E-state index contributed by atoms with van der Waals surface area (Å²) >= 11 is 6.54. The Kier molecular flexibility index (Phi) is 7.26. The second-order valence-electron chi connectivity index (χ2n) is 6.54. The zero-order valence-corrected chi connectivity index (χ0v) is 22.2. The van der Waals surface area contributed by atoms with Gasteiger partial charge in [-0.1, -0.05) is 18.2 Å². The number of ether oxygens (including phenoxy) is 2. The molecule has 0 radical (unpaired) electrons. The van der Waals surface area contributed by atoms with Crippen LogP contribution >= 0.6 is 67.8 Å². The molecule has 8 heteroatoms. The van der Waals surface area contributed by atoms with Gasteiger partial charge in [-0.3, -0.25) is 0 Å². The Labute approximate surface area is 219 Å². The van der Waals surface area contributed by atoms with Gasteiger partial charge < -0.3 is 9.47 Å². The van der Waals surface area contributed by atoms with Gasteiger partial charge in [0.2, 0.25) is 5.90 Å². The third kappa shape index (κ3) is 5.45. The molecule has 0 saturated carbocycles. The van der Waals surface area contributed by atoms with Crippen molar-refractivity contribution in [1.29, 1.82) is 0 Å². The first-order chi connectivity index (χ1) is 14.9. The molecule has 0 aliphatic carbocycles. The van der Waals surface area contributed by atoms with Crippen molar-refractivity contribution in [3.8, 4) is 5.75 Å². The minimum absolute atomic E-state index is 0.134. The molecular weight excluding hydrogens is 738 g/mol. The van der Waals surface area contributed by atoms with Crippen LogP contribution in [0.1, 0.15) is 16.7 Å². The largest absolute Gasteiger partial charge is 0.487 e. The maximum absolute atomic E-state index is 13.8. The van der Waals surface area contributed by atoms with Crippen molar-refractivity contribution >= 4 is 85.7 Å².